The zero-order chi connectivity index (χ0) is 11.8. The van der Waals surface area contributed by atoms with E-state index in [2.05, 4.69) is 16.2 Å². The molecule has 0 atom stereocenters. The van der Waals surface area contributed by atoms with Gasteiger partial charge in [-0.15, -0.1) is 12.3 Å². The van der Waals surface area contributed by atoms with E-state index in [0.717, 1.165) is 6.42 Å². The molecule has 0 bridgehead atoms. The number of terminal acetylenes is 1. The normalized spacial score (nSPS) is 9.75. The molecule has 86 valence electrons. The molecular weight excluding hydrogens is 204 g/mol. The number of nitrogens with two attached hydrogens (primary N) is 1. The van der Waals surface area contributed by atoms with Crippen molar-refractivity contribution in [1.29, 1.82) is 0 Å². The van der Waals surface area contributed by atoms with Gasteiger partial charge < -0.3 is 15.6 Å². The molecule has 1 aromatic rings. The highest BCUT2D eigenvalue weighted by Gasteiger charge is 2.07. The lowest BCUT2D eigenvalue weighted by molar-refractivity contribution is 0.0949. The molecule has 16 heavy (non-hydrogen) atoms. The van der Waals surface area contributed by atoms with Crippen molar-refractivity contribution in [2.75, 3.05) is 13.1 Å². The van der Waals surface area contributed by atoms with Crippen molar-refractivity contribution in [1.82, 2.24) is 14.9 Å². The van der Waals surface area contributed by atoms with Crippen LogP contribution in [0.15, 0.2) is 12.5 Å². The molecule has 0 aliphatic carbocycles. The maximum Gasteiger partial charge on any atom is 0.271 e. The van der Waals surface area contributed by atoms with Crippen LogP contribution in [0.5, 0.6) is 0 Å². The number of carbonyl (C=O) groups is 1. The first-order chi connectivity index (χ1) is 7.77. The van der Waals surface area contributed by atoms with Gasteiger partial charge in [-0.2, -0.15) is 0 Å². The van der Waals surface area contributed by atoms with Crippen molar-refractivity contribution in [3.05, 3.63) is 18.2 Å². The SMILES string of the molecule is C#CCCCNC(=O)c1cn(CCN)cn1. The predicted molar refractivity (Wildman–Crippen MR) is 61.7 cm³/mol. The molecule has 0 aliphatic heterocycles. The van der Waals surface area contributed by atoms with Crippen molar-refractivity contribution >= 4 is 5.91 Å². The van der Waals surface area contributed by atoms with Gasteiger partial charge in [-0.1, -0.05) is 0 Å². The molecule has 5 heteroatoms. The molecule has 0 fully saturated rings. The second kappa shape index (κ2) is 6.64. The molecule has 3 N–H and O–H groups in total. The van der Waals surface area contributed by atoms with Gasteiger partial charge in [0.1, 0.15) is 5.69 Å². The third-order valence-corrected chi connectivity index (χ3v) is 2.04. The van der Waals surface area contributed by atoms with Crippen LogP contribution >= 0.6 is 0 Å². The average molecular weight is 220 g/mol. The molecule has 0 spiro atoms. The summed E-state index contributed by atoms with van der Waals surface area (Å²) in [6.45, 7) is 1.77. The summed E-state index contributed by atoms with van der Waals surface area (Å²) < 4.78 is 1.79. The van der Waals surface area contributed by atoms with Crippen molar-refractivity contribution in [2.24, 2.45) is 5.73 Å². The highest BCUT2D eigenvalue weighted by atomic mass is 16.1. The summed E-state index contributed by atoms with van der Waals surface area (Å²) in [5.41, 5.74) is 5.80. The van der Waals surface area contributed by atoms with Crippen LogP contribution in [0.1, 0.15) is 23.3 Å². The predicted octanol–water partition coefficient (Wildman–Crippen LogP) is -0.0150. The fourth-order valence-electron chi connectivity index (χ4n) is 1.23. The van der Waals surface area contributed by atoms with Crippen molar-refractivity contribution in [2.45, 2.75) is 19.4 Å². The molecule has 0 saturated carbocycles. The third-order valence-electron chi connectivity index (χ3n) is 2.04. The Morgan fingerprint density at radius 1 is 1.69 bits per heavy atom. The highest BCUT2D eigenvalue weighted by Crippen LogP contribution is 1.96. The van der Waals surface area contributed by atoms with Crippen LogP contribution in [-0.4, -0.2) is 28.5 Å². The number of nitrogens with one attached hydrogen (secondary N) is 1. The van der Waals surface area contributed by atoms with Gasteiger partial charge >= 0.3 is 0 Å². The largest absolute Gasteiger partial charge is 0.351 e. The molecule has 1 amide bonds. The summed E-state index contributed by atoms with van der Waals surface area (Å²) in [5, 5.41) is 2.75. The van der Waals surface area contributed by atoms with Crippen LogP contribution in [-0.2, 0) is 6.54 Å². The van der Waals surface area contributed by atoms with Crippen LogP contribution in [0, 0.1) is 12.3 Å². The van der Waals surface area contributed by atoms with Gasteiger partial charge in [0.25, 0.3) is 5.91 Å². The quantitative estimate of drug-likeness (QED) is 0.523. The van der Waals surface area contributed by atoms with Crippen LogP contribution < -0.4 is 11.1 Å². The van der Waals surface area contributed by atoms with Crippen molar-refractivity contribution in [3.63, 3.8) is 0 Å². The van der Waals surface area contributed by atoms with Gasteiger partial charge in [-0.05, 0) is 6.42 Å². The summed E-state index contributed by atoms with van der Waals surface area (Å²) in [5.74, 6) is 2.34. The van der Waals surface area contributed by atoms with E-state index in [-0.39, 0.29) is 5.91 Å². The maximum atomic E-state index is 11.6. The zero-order valence-electron chi connectivity index (χ0n) is 9.15. The Labute approximate surface area is 95.0 Å². The molecule has 1 heterocycles. The summed E-state index contributed by atoms with van der Waals surface area (Å²) in [7, 11) is 0. The molecule has 0 aromatic carbocycles. The fraction of sp³-hybridized carbons (Fsp3) is 0.455. The Morgan fingerprint density at radius 3 is 3.19 bits per heavy atom. The van der Waals surface area contributed by atoms with Crippen LogP contribution in [0.2, 0.25) is 0 Å². The Balaban J connectivity index is 2.38. The molecule has 1 aromatic heterocycles. The minimum atomic E-state index is -0.173. The Kier molecular flexibility index (Phi) is 5.09. The standard InChI is InChI=1S/C11H16N4O/c1-2-3-4-6-13-11(16)10-8-15(7-5-12)9-14-10/h1,8-9H,3-7,12H2,(H,13,16). The summed E-state index contributed by atoms with van der Waals surface area (Å²) in [4.78, 5) is 15.5. The smallest absolute Gasteiger partial charge is 0.271 e. The molecule has 0 aliphatic rings. The van der Waals surface area contributed by atoms with Gasteiger partial charge in [0.15, 0.2) is 0 Å². The van der Waals surface area contributed by atoms with Gasteiger partial charge in [0.2, 0.25) is 0 Å². The Hall–Kier alpha value is -1.80. The number of hydrogen-bond acceptors (Lipinski definition) is 3. The molecule has 0 saturated heterocycles. The summed E-state index contributed by atoms with van der Waals surface area (Å²) >= 11 is 0. The second-order valence-electron chi connectivity index (χ2n) is 3.35. The molecule has 0 radical (unpaired) electrons. The van der Waals surface area contributed by atoms with Crippen molar-refractivity contribution < 1.29 is 4.79 Å². The second-order valence-corrected chi connectivity index (χ2v) is 3.35. The van der Waals surface area contributed by atoms with Crippen molar-refractivity contribution in [3.8, 4) is 12.3 Å². The lowest BCUT2D eigenvalue weighted by Crippen LogP contribution is -2.24. The Morgan fingerprint density at radius 2 is 2.50 bits per heavy atom. The van der Waals surface area contributed by atoms with Gasteiger partial charge in [-0.3, -0.25) is 4.79 Å². The Bertz CT molecular complexity index is 378. The number of nitrogens with zero attached hydrogens (tertiary/aromatic N) is 2. The minimum absolute atomic E-state index is 0.173. The first-order valence-electron chi connectivity index (χ1n) is 5.21. The first-order valence-corrected chi connectivity index (χ1v) is 5.21. The molecule has 0 unspecified atom stereocenters. The van der Waals surface area contributed by atoms with E-state index >= 15 is 0 Å². The molecular formula is C11H16N4O. The topological polar surface area (TPSA) is 72.9 Å². The van der Waals surface area contributed by atoms with E-state index in [4.69, 9.17) is 12.2 Å². The maximum absolute atomic E-state index is 11.6. The van der Waals surface area contributed by atoms with E-state index in [1.165, 1.54) is 0 Å². The number of aromatic nitrogens is 2. The van der Waals surface area contributed by atoms with Crippen LogP contribution in [0.25, 0.3) is 0 Å². The van der Waals surface area contributed by atoms with E-state index in [1.54, 1.807) is 17.1 Å². The highest BCUT2D eigenvalue weighted by molar-refractivity contribution is 5.91. The van der Waals surface area contributed by atoms with E-state index < -0.39 is 0 Å². The number of imidazole rings is 1. The lowest BCUT2D eigenvalue weighted by Gasteiger charge is -2.00. The van der Waals surface area contributed by atoms with E-state index in [1.807, 2.05) is 0 Å². The average Bonchev–Trinajstić information content (AvgIpc) is 2.73. The molecule has 5 nitrogen and oxygen atoms in total. The summed E-state index contributed by atoms with van der Waals surface area (Å²) in [6.07, 6.45) is 9.84. The molecule has 1 rings (SSSR count). The minimum Gasteiger partial charge on any atom is -0.351 e. The first kappa shape index (κ1) is 12.3. The van der Waals surface area contributed by atoms with Crippen LogP contribution in [0.4, 0.5) is 0 Å². The van der Waals surface area contributed by atoms with Gasteiger partial charge in [-0.25, -0.2) is 4.98 Å². The summed E-state index contributed by atoms with van der Waals surface area (Å²) in [6, 6.07) is 0. The van der Waals surface area contributed by atoms with E-state index in [0.29, 0.717) is 31.7 Å². The van der Waals surface area contributed by atoms with Gasteiger partial charge in [0, 0.05) is 32.3 Å². The number of amides is 1. The monoisotopic (exact) mass is 220 g/mol. The zero-order valence-corrected chi connectivity index (χ0v) is 9.15. The van der Waals surface area contributed by atoms with Crippen LogP contribution in [0.3, 0.4) is 0 Å². The number of hydrogen-bond donors (Lipinski definition) is 2. The lowest BCUT2D eigenvalue weighted by atomic mass is 10.3. The van der Waals surface area contributed by atoms with Gasteiger partial charge in [0.05, 0.1) is 6.33 Å². The van der Waals surface area contributed by atoms with E-state index in [9.17, 15) is 4.79 Å². The number of carbonyl (C=O) groups excluding carboxylic acids is 1. The number of rotatable bonds is 6. The number of unbranched alkanes of at least 4 members (excludes halogenated alkanes) is 1. The fourth-order valence-corrected chi connectivity index (χ4v) is 1.23. The third kappa shape index (κ3) is 3.75.